The Morgan fingerprint density at radius 1 is 1.39 bits per heavy atom. The van der Waals surface area contributed by atoms with Crippen LogP contribution in [0.1, 0.15) is 6.42 Å². The Hall–Kier alpha value is -0.270. The van der Waals surface area contributed by atoms with Gasteiger partial charge in [0.05, 0.1) is 11.0 Å². The van der Waals surface area contributed by atoms with E-state index in [0.717, 1.165) is 5.75 Å². The largest absolute Gasteiger partial charge is 0.392 e. The van der Waals surface area contributed by atoms with Crippen molar-refractivity contribution in [3.63, 3.8) is 0 Å². The van der Waals surface area contributed by atoms with E-state index < -0.39 is 16.1 Å². The van der Waals surface area contributed by atoms with Crippen molar-refractivity contribution in [3.05, 3.63) is 29.3 Å². The highest BCUT2D eigenvalue weighted by Gasteiger charge is 2.15. The third kappa shape index (κ3) is 5.16. The fourth-order valence-electron chi connectivity index (χ4n) is 1.26. The van der Waals surface area contributed by atoms with E-state index in [2.05, 4.69) is 4.72 Å². The molecule has 7 heteroatoms. The molecule has 2 N–H and O–H groups in total. The fraction of sp³-hybridized carbons (Fsp3) is 0.455. The van der Waals surface area contributed by atoms with Crippen molar-refractivity contribution in [3.8, 4) is 0 Å². The predicted molar refractivity (Wildman–Crippen MR) is 75.6 cm³/mol. The first kappa shape index (κ1) is 15.8. The van der Waals surface area contributed by atoms with Crippen LogP contribution in [0.25, 0.3) is 0 Å². The number of benzene rings is 1. The summed E-state index contributed by atoms with van der Waals surface area (Å²) in [4.78, 5) is 0.143. The molecule has 0 amide bonds. The summed E-state index contributed by atoms with van der Waals surface area (Å²) in [6.45, 7) is 0.0194. The molecule has 0 radical (unpaired) electrons. The lowest BCUT2D eigenvalue weighted by molar-refractivity contribution is 0.175. The molecule has 1 rings (SSSR count). The Morgan fingerprint density at radius 3 is 2.56 bits per heavy atom. The smallest absolute Gasteiger partial charge is 0.240 e. The molecule has 0 spiro atoms. The van der Waals surface area contributed by atoms with E-state index in [0.29, 0.717) is 11.4 Å². The van der Waals surface area contributed by atoms with Gasteiger partial charge < -0.3 is 5.11 Å². The number of halogens is 1. The lowest BCUT2D eigenvalue weighted by Gasteiger charge is -2.11. The van der Waals surface area contributed by atoms with Gasteiger partial charge in [0.1, 0.15) is 0 Å². The van der Waals surface area contributed by atoms with E-state index >= 15 is 0 Å². The van der Waals surface area contributed by atoms with Crippen molar-refractivity contribution in [2.45, 2.75) is 17.4 Å². The first-order valence-corrected chi connectivity index (χ1v) is 8.63. The standard InChI is InChI=1S/C11H16ClNO3S2/c1-17-7-6-10(14)8-13-18(15,16)11-4-2-9(12)3-5-11/h2-5,10,13-14H,6-8H2,1H3. The van der Waals surface area contributed by atoms with Crippen LogP contribution in [-0.2, 0) is 10.0 Å². The molecule has 0 aliphatic carbocycles. The van der Waals surface area contributed by atoms with Gasteiger partial charge in [-0.25, -0.2) is 13.1 Å². The van der Waals surface area contributed by atoms with Gasteiger partial charge in [-0.2, -0.15) is 11.8 Å². The molecule has 1 unspecified atom stereocenters. The summed E-state index contributed by atoms with van der Waals surface area (Å²) in [7, 11) is -3.57. The number of rotatable bonds is 7. The lowest BCUT2D eigenvalue weighted by atomic mass is 10.3. The second-order valence-corrected chi connectivity index (χ2v) is 6.93. The van der Waals surface area contributed by atoms with E-state index in [1.807, 2.05) is 6.26 Å². The lowest BCUT2D eigenvalue weighted by Crippen LogP contribution is -2.32. The first-order chi connectivity index (χ1) is 8.45. The number of thioether (sulfide) groups is 1. The molecule has 0 saturated heterocycles. The molecule has 0 saturated carbocycles. The van der Waals surface area contributed by atoms with Gasteiger partial charge in [0.2, 0.25) is 10.0 Å². The highest BCUT2D eigenvalue weighted by atomic mass is 35.5. The average molecular weight is 310 g/mol. The third-order valence-corrected chi connectivity index (χ3v) is 4.62. The molecule has 0 aliphatic heterocycles. The Bertz CT molecular complexity index is 462. The highest BCUT2D eigenvalue weighted by Crippen LogP contribution is 2.13. The number of nitrogens with one attached hydrogen (secondary N) is 1. The predicted octanol–water partition coefficient (Wildman–Crippen LogP) is 1.73. The molecular weight excluding hydrogens is 294 g/mol. The number of aliphatic hydroxyl groups is 1. The van der Waals surface area contributed by atoms with Gasteiger partial charge in [0.25, 0.3) is 0 Å². The van der Waals surface area contributed by atoms with Crippen LogP contribution in [0.4, 0.5) is 0 Å². The summed E-state index contributed by atoms with van der Waals surface area (Å²) in [5.74, 6) is 0.795. The van der Waals surface area contributed by atoms with E-state index in [1.54, 1.807) is 11.8 Å². The molecule has 4 nitrogen and oxygen atoms in total. The number of hydrogen-bond donors (Lipinski definition) is 2. The zero-order chi connectivity index (χ0) is 13.6. The zero-order valence-corrected chi connectivity index (χ0v) is 12.4. The summed E-state index contributed by atoms with van der Waals surface area (Å²) in [5, 5.41) is 10.1. The quantitative estimate of drug-likeness (QED) is 0.805. The van der Waals surface area contributed by atoms with Crippen LogP contribution in [0.5, 0.6) is 0 Å². The van der Waals surface area contributed by atoms with Gasteiger partial charge in [-0.3, -0.25) is 0 Å². The SMILES string of the molecule is CSCCC(O)CNS(=O)(=O)c1ccc(Cl)cc1. The van der Waals surface area contributed by atoms with Crippen molar-refractivity contribution < 1.29 is 13.5 Å². The Morgan fingerprint density at radius 2 is 2.00 bits per heavy atom. The Kier molecular flexibility index (Phi) is 6.45. The van der Waals surface area contributed by atoms with Crippen LogP contribution in [0, 0.1) is 0 Å². The van der Waals surface area contributed by atoms with Gasteiger partial charge in [0.15, 0.2) is 0 Å². The van der Waals surface area contributed by atoms with Crippen molar-refractivity contribution >= 4 is 33.4 Å². The monoisotopic (exact) mass is 309 g/mol. The van der Waals surface area contributed by atoms with Gasteiger partial charge >= 0.3 is 0 Å². The van der Waals surface area contributed by atoms with E-state index in [1.165, 1.54) is 24.3 Å². The summed E-state index contributed by atoms with van der Waals surface area (Å²) >= 11 is 7.30. The summed E-state index contributed by atoms with van der Waals surface area (Å²) in [6, 6.07) is 5.89. The Balaban J connectivity index is 2.57. The van der Waals surface area contributed by atoms with Crippen LogP contribution in [-0.4, -0.2) is 38.2 Å². The maximum Gasteiger partial charge on any atom is 0.240 e. The first-order valence-electron chi connectivity index (χ1n) is 5.38. The highest BCUT2D eigenvalue weighted by molar-refractivity contribution is 7.98. The molecule has 0 aliphatic rings. The van der Waals surface area contributed by atoms with Crippen LogP contribution in [0.15, 0.2) is 29.2 Å². The summed E-state index contributed by atoms with van der Waals surface area (Å²) < 4.78 is 26.1. The fourth-order valence-corrected chi connectivity index (χ4v) is 2.97. The van der Waals surface area contributed by atoms with Crippen molar-refractivity contribution in [1.82, 2.24) is 4.72 Å². The number of sulfonamides is 1. The van der Waals surface area contributed by atoms with Gasteiger partial charge in [0, 0.05) is 11.6 Å². The minimum absolute atomic E-state index is 0.0194. The van der Waals surface area contributed by atoms with Crippen LogP contribution in [0.2, 0.25) is 5.02 Å². The summed E-state index contributed by atoms with van der Waals surface area (Å²) in [5.41, 5.74) is 0. The van der Waals surface area contributed by atoms with Crippen LogP contribution in [0.3, 0.4) is 0 Å². The third-order valence-electron chi connectivity index (χ3n) is 2.29. The molecule has 18 heavy (non-hydrogen) atoms. The summed E-state index contributed by atoms with van der Waals surface area (Å²) in [6.07, 6.45) is 1.83. The minimum Gasteiger partial charge on any atom is -0.392 e. The van der Waals surface area contributed by atoms with Crippen molar-refractivity contribution in [2.75, 3.05) is 18.6 Å². The molecule has 1 aromatic rings. The number of aliphatic hydroxyl groups excluding tert-OH is 1. The molecule has 1 aromatic carbocycles. The zero-order valence-electron chi connectivity index (χ0n) is 9.97. The number of hydrogen-bond acceptors (Lipinski definition) is 4. The van der Waals surface area contributed by atoms with E-state index in [9.17, 15) is 13.5 Å². The van der Waals surface area contributed by atoms with Gasteiger partial charge in [-0.05, 0) is 42.7 Å². The van der Waals surface area contributed by atoms with Gasteiger partial charge in [-0.15, -0.1) is 0 Å². The van der Waals surface area contributed by atoms with Crippen molar-refractivity contribution in [1.29, 1.82) is 0 Å². The van der Waals surface area contributed by atoms with Gasteiger partial charge in [-0.1, -0.05) is 11.6 Å². The van der Waals surface area contributed by atoms with Crippen LogP contribution < -0.4 is 4.72 Å². The molecule has 0 aromatic heterocycles. The Labute approximate surface area is 117 Å². The second kappa shape index (κ2) is 7.35. The molecule has 1 atom stereocenters. The molecule has 0 heterocycles. The molecule has 102 valence electrons. The molecule has 0 bridgehead atoms. The average Bonchev–Trinajstić information content (AvgIpc) is 2.34. The normalized spacial score (nSPS) is 13.5. The van der Waals surface area contributed by atoms with E-state index in [4.69, 9.17) is 11.6 Å². The minimum atomic E-state index is -3.57. The molecule has 0 fully saturated rings. The topological polar surface area (TPSA) is 66.4 Å². The second-order valence-electron chi connectivity index (χ2n) is 3.74. The molecular formula is C11H16ClNO3S2. The van der Waals surface area contributed by atoms with Crippen molar-refractivity contribution in [2.24, 2.45) is 0 Å². The maximum atomic E-state index is 11.9. The van der Waals surface area contributed by atoms with E-state index in [-0.39, 0.29) is 11.4 Å². The maximum absolute atomic E-state index is 11.9. The van der Waals surface area contributed by atoms with Crippen LogP contribution >= 0.6 is 23.4 Å².